The van der Waals surface area contributed by atoms with Gasteiger partial charge in [0.1, 0.15) is 35.8 Å². The third-order valence-corrected chi connectivity index (χ3v) is 7.57. The van der Waals surface area contributed by atoms with Gasteiger partial charge in [-0.25, -0.2) is 0 Å². The van der Waals surface area contributed by atoms with E-state index >= 15 is 0 Å². The first kappa shape index (κ1) is 25.5. The SMILES string of the molecule is COc1cccc2c(C(O)CN3CCCC(NCC(C4=CC=CCC4)C4=COC=CO4)CC3)ccnc12. The second-order valence-corrected chi connectivity index (χ2v) is 9.92. The number of aliphatic hydroxyl groups excluding tert-OH is 1. The maximum atomic E-state index is 11.2. The number of para-hydroxylation sites is 1. The molecule has 5 rings (SSSR count). The van der Waals surface area contributed by atoms with E-state index in [9.17, 15) is 5.11 Å². The van der Waals surface area contributed by atoms with E-state index < -0.39 is 6.10 Å². The molecule has 0 saturated carbocycles. The summed E-state index contributed by atoms with van der Waals surface area (Å²) in [6.07, 6.45) is 18.0. The summed E-state index contributed by atoms with van der Waals surface area (Å²) in [5, 5.41) is 15.9. The van der Waals surface area contributed by atoms with Crippen LogP contribution in [-0.4, -0.2) is 54.3 Å². The lowest BCUT2D eigenvalue weighted by Gasteiger charge is -2.27. The minimum atomic E-state index is -0.582. The average molecular weight is 504 g/mol. The van der Waals surface area contributed by atoms with Crippen molar-refractivity contribution in [3.05, 3.63) is 84.4 Å². The Labute approximate surface area is 219 Å². The van der Waals surface area contributed by atoms with Crippen molar-refractivity contribution in [1.29, 1.82) is 0 Å². The molecule has 1 aliphatic carbocycles. The van der Waals surface area contributed by atoms with Crippen molar-refractivity contribution in [2.24, 2.45) is 5.92 Å². The highest BCUT2D eigenvalue weighted by Crippen LogP contribution is 2.31. The summed E-state index contributed by atoms with van der Waals surface area (Å²) >= 11 is 0. The van der Waals surface area contributed by atoms with Gasteiger partial charge in [-0.15, -0.1) is 0 Å². The number of methoxy groups -OCH3 is 1. The predicted octanol–water partition coefficient (Wildman–Crippen LogP) is 4.97. The van der Waals surface area contributed by atoms with Crippen LogP contribution in [0.2, 0.25) is 0 Å². The number of ether oxygens (including phenoxy) is 3. The molecule has 7 heteroatoms. The standard InChI is InChI=1S/C30H37N3O4/c1-35-28-11-5-10-25-24(12-14-31-30(25)28)27(34)20-33-15-6-9-23(13-16-33)32-19-26(22-7-3-2-4-8-22)29-21-36-17-18-37-29/h2-3,5,7,10-12,14,17-18,21,23,26-27,32,34H,4,6,8-9,13,15-16,19-20H2,1H3. The van der Waals surface area contributed by atoms with E-state index in [4.69, 9.17) is 14.2 Å². The first-order valence-corrected chi connectivity index (χ1v) is 13.3. The molecule has 0 radical (unpaired) electrons. The molecule has 0 spiro atoms. The van der Waals surface area contributed by atoms with Crippen LogP contribution in [0, 0.1) is 5.92 Å². The average Bonchev–Trinajstić information content (AvgIpc) is 3.18. The lowest BCUT2D eigenvalue weighted by atomic mass is 9.90. The lowest BCUT2D eigenvalue weighted by Crippen LogP contribution is -2.36. The van der Waals surface area contributed by atoms with E-state index in [1.165, 1.54) is 5.57 Å². The Morgan fingerprint density at radius 2 is 2.16 bits per heavy atom. The molecule has 2 aromatic rings. The van der Waals surface area contributed by atoms with Crippen LogP contribution >= 0.6 is 0 Å². The lowest BCUT2D eigenvalue weighted by molar-refractivity contribution is 0.115. The first-order valence-electron chi connectivity index (χ1n) is 13.3. The second kappa shape index (κ2) is 12.4. The molecule has 3 atom stereocenters. The van der Waals surface area contributed by atoms with Gasteiger partial charge in [0.25, 0.3) is 0 Å². The number of aliphatic hydroxyl groups is 1. The fourth-order valence-corrected chi connectivity index (χ4v) is 5.56. The van der Waals surface area contributed by atoms with Crippen LogP contribution in [-0.2, 0) is 9.47 Å². The number of hydrogen-bond donors (Lipinski definition) is 2. The topological polar surface area (TPSA) is 76.1 Å². The first-order chi connectivity index (χ1) is 18.2. The summed E-state index contributed by atoms with van der Waals surface area (Å²) in [6.45, 7) is 3.35. The summed E-state index contributed by atoms with van der Waals surface area (Å²) in [4.78, 5) is 6.86. The molecule has 1 saturated heterocycles. The van der Waals surface area contributed by atoms with E-state index in [0.29, 0.717) is 12.6 Å². The summed E-state index contributed by atoms with van der Waals surface area (Å²) < 4.78 is 16.7. The molecule has 2 aliphatic heterocycles. The maximum absolute atomic E-state index is 11.2. The molecule has 1 fully saturated rings. The zero-order valence-corrected chi connectivity index (χ0v) is 21.5. The van der Waals surface area contributed by atoms with Crippen molar-refractivity contribution in [2.45, 2.75) is 44.2 Å². The summed E-state index contributed by atoms with van der Waals surface area (Å²) in [7, 11) is 1.65. The van der Waals surface area contributed by atoms with E-state index in [0.717, 1.165) is 79.7 Å². The number of allylic oxidation sites excluding steroid dienone is 3. The number of likely N-dealkylation sites (tertiary alicyclic amines) is 1. The molecular formula is C30H37N3O4. The molecule has 3 heterocycles. The fraction of sp³-hybridized carbons (Fsp3) is 0.433. The second-order valence-electron chi connectivity index (χ2n) is 9.92. The molecule has 0 bridgehead atoms. The fourth-order valence-electron chi connectivity index (χ4n) is 5.56. The van der Waals surface area contributed by atoms with Gasteiger partial charge in [0, 0.05) is 30.7 Å². The van der Waals surface area contributed by atoms with Crippen molar-refractivity contribution < 1.29 is 19.3 Å². The van der Waals surface area contributed by atoms with Crippen LogP contribution in [0.3, 0.4) is 0 Å². The van der Waals surface area contributed by atoms with Crippen molar-refractivity contribution >= 4 is 10.9 Å². The van der Waals surface area contributed by atoms with Gasteiger partial charge < -0.3 is 29.5 Å². The van der Waals surface area contributed by atoms with Gasteiger partial charge in [-0.1, -0.05) is 35.9 Å². The molecule has 3 unspecified atom stereocenters. The maximum Gasteiger partial charge on any atom is 0.147 e. The van der Waals surface area contributed by atoms with Crippen molar-refractivity contribution in [2.75, 3.05) is 33.3 Å². The summed E-state index contributed by atoms with van der Waals surface area (Å²) in [6, 6.07) is 8.21. The number of β-amino-alcohol motifs (C(OH)–C–C–N with tert-alkyl or cyclic N) is 1. The Kier molecular flexibility index (Phi) is 8.56. The molecule has 37 heavy (non-hydrogen) atoms. The molecule has 1 aromatic heterocycles. The number of rotatable bonds is 9. The van der Waals surface area contributed by atoms with E-state index in [1.54, 1.807) is 32.1 Å². The molecule has 3 aliphatic rings. The van der Waals surface area contributed by atoms with Crippen LogP contribution in [0.15, 0.2) is 78.8 Å². The third kappa shape index (κ3) is 6.24. The van der Waals surface area contributed by atoms with Crippen molar-refractivity contribution in [3.63, 3.8) is 0 Å². The van der Waals surface area contributed by atoms with Gasteiger partial charge in [0.05, 0.1) is 19.1 Å². The Balaban J connectivity index is 1.19. The minimum absolute atomic E-state index is 0.160. The molecule has 2 N–H and O–H groups in total. The van der Waals surface area contributed by atoms with Gasteiger partial charge in [-0.3, -0.25) is 4.98 Å². The van der Waals surface area contributed by atoms with Crippen LogP contribution < -0.4 is 10.1 Å². The Bertz CT molecular complexity index is 1190. The monoisotopic (exact) mass is 503 g/mol. The molecule has 0 amide bonds. The van der Waals surface area contributed by atoms with Gasteiger partial charge in [-0.2, -0.15) is 0 Å². The molecular weight excluding hydrogens is 466 g/mol. The normalized spacial score (nSPS) is 21.8. The van der Waals surface area contributed by atoms with E-state index in [-0.39, 0.29) is 5.92 Å². The molecule has 196 valence electrons. The van der Waals surface area contributed by atoms with E-state index in [1.807, 2.05) is 24.3 Å². The largest absolute Gasteiger partial charge is 0.494 e. The van der Waals surface area contributed by atoms with Gasteiger partial charge in [0.2, 0.25) is 0 Å². The predicted molar refractivity (Wildman–Crippen MR) is 145 cm³/mol. The Hall–Kier alpha value is -3.13. The summed E-state index contributed by atoms with van der Waals surface area (Å²) in [5.74, 6) is 1.75. The Morgan fingerprint density at radius 1 is 1.22 bits per heavy atom. The number of nitrogens with zero attached hydrogens (tertiary/aromatic N) is 2. The number of nitrogens with one attached hydrogen (secondary N) is 1. The van der Waals surface area contributed by atoms with Crippen LogP contribution in [0.4, 0.5) is 0 Å². The molecule has 7 nitrogen and oxygen atoms in total. The highest BCUT2D eigenvalue weighted by atomic mass is 16.5. The number of hydrogen-bond acceptors (Lipinski definition) is 7. The molecule has 1 aromatic carbocycles. The zero-order valence-electron chi connectivity index (χ0n) is 21.5. The quantitative estimate of drug-likeness (QED) is 0.500. The number of aromatic nitrogens is 1. The number of benzene rings is 1. The van der Waals surface area contributed by atoms with Crippen molar-refractivity contribution in [3.8, 4) is 5.75 Å². The number of fused-ring (bicyclic) bond motifs is 1. The highest BCUT2D eigenvalue weighted by molar-refractivity contribution is 5.87. The van der Waals surface area contributed by atoms with Crippen LogP contribution in [0.1, 0.15) is 43.8 Å². The minimum Gasteiger partial charge on any atom is -0.494 e. The van der Waals surface area contributed by atoms with Gasteiger partial charge in [-0.05, 0) is 62.9 Å². The van der Waals surface area contributed by atoms with Gasteiger partial charge in [0.15, 0.2) is 0 Å². The third-order valence-electron chi connectivity index (χ3n) is 7.57. The highest BCUT2D eigenvalue weighted by Gasteiger charge is 2.26. The van der Waals surface area contributed by atoms with Crippen molar-refractivity contribution in [1.82, 2.24) is 15.2 Å². The smallest absolute Gasteiger partial charge is 0.147 e. The van der Waals surface area contributed by atoms with Crippen LogP contribution in [0.25, 0.3) is 10.9 Å². The van der Waals surface area contributed by atoms with E-state index in [2.05, 4.69) is 33.4 Å². The Morgan fingerprint density at radius 3 is 2.97 bits per heavy atom. The zero-order chi connectivity index (χ0) is 25.5. The van der Waals surface area contributed by atoms with Gasteiger partial charge >= 0.3 is 0 Å². The summed E-state index contributed by atoms with van der Waals surface area (Å²) in [5.41, 5.74) is 3.06. The number of pyridine rings is 1. The van der Waals surface area contributed by atoms with Crippen LogP contribution in [0.5, 0.6) is 5.75 Å².